The summed E-state index contributed by atoms with van der Waals surface area (Å²) in [4.78, 5) is 0. The van der Waals surface area contributed by atoms with E-state index in [-0.39, 0.29) is 0 Å². The fourth-order valence-corrected chi connectivity index (χ4v) is 4.21. The van der Waals surface area contributed by atoms with Gasteiger partial charge in [0.2, 0.25) is 0 Å². The molecule has 0 aliphatic carbocycles. The van der Waals surface area contributed by atoms with Crippen LogP contribution in [-0.4, -0.2) is 21.1 Å². The molecule has 0 N–H and O–H groups in total. The van der Waals surface area contributed by atoms with Gasteiger partial charge in [-0.3, -0.25) is 0 Å². The predicted molar refractivity (Wildman–Crippen MR) is 57.9 cm³/mol. The molecular formula is C12H10Sn. The van der Waals surface area contributed by atoms with Gasteiger partial charge < -0.3 is 0 Å². The summed E-state index contributed by atoms with van der Waals surface area (Å²) in [6.45, 7) is 0. The molecule has 0 heterocycles. The summed E-state index contributed by atoms with van der Waals surface area (Å²) in [6, 6.07) is 21.6. The standard InChI is InChI=1S/2C6H5.Sn/c2*1-2-4-6-5-3-1;/h2*1-5H;. The van der Waals surface area contributed by atoms with Gasteiger partial charge in [0.05, 0.1) is 0 Å². The normalized spacial score (nSPS) is 9.85. The molecule has 0 nitrogen and oxygen atoms in total. The molecular weight excluding hydrogens is 263 g/mol. The van der Waals surface area contributed by atoms with E-state index in [1.54, 1.807) is 0 Å². The van der Waals surface area contributed by atoms with Crippen LogP contribution in [-0.2, 0) is 0 Å². The van der Waals surface area contributed by atoms with Crippen molar-refractivity contribution in [3.8, 4) is 0 Å². The first-order chi connectivity index (χ1) is 6.45. The van der Waals surface area contributed by atoms with Crippen LogP contribution in [0.4, 0.5) is 0 Å². The Bertz CT molecular complexity index is 316. The first-order valence-electron chi connectivity index (χ1n) is 4.32. The Morgan fingerprint density at radius 2 is 0.923 bits per heavy atom. The zero-order chi connectivity index (χ0) is 8.93. The monoisotopic (exact) mass is 274 g/mol. The number of hydrogen-bond acceptors (Lipinski definition) is 0. The van der Waals surface area contributed by atoms with Crippen molar-refractivity contribution in [1.82, 2.24) is 0 Å². The van der Waals surface area contributed by atoms with Crippen molar-refractivity contribution in [3.05, 3.63) is 60.7 Å². The van der Waals surface area contributed by atoms with Crippen LogP contribution in [0.5, 0.6) is 0 Å². The van der Waals surface area contributed by atoms with Crippen molar-refractivity contribution < 1.29 is 0 Å². The average molecular weight is 273 g/mol. The van der Waals surface area contributed by atoms with Gasteiger partial charge in [-0.05, 0) is 0 Å². The fourth-order valence-electron chi connectivity index (χ4n) is 1.21. The topological polar surface area (TPSA) is 0 Å². The number of benzene rings is 2. The van der Waals surface area contributed by atoms with Crippen molar-refractivity contribution in [3.63, 3.8) is 0 Å². The second kappa shape index (κ2) is 4.47. The third-order valence-electron chi connectivity index (χ3n) is 1.84. The van der Waals surface area contributed by atoms with Crippen molar-refractivity contribution in [2.24, 2.45) is 0 Å². The van der Waals surface area contributed by atoms with Crippen molar-refractivity contribution >= 4 is 28.3 Å². The molecule has 2 rings (SSSR count). The van der Waals surface area contributed by atoms with Gasteiger partial charge in [-0.25, -0.2) is 0 Å². The molecule has 62 valence electrons. The quantitative estimate of drug-likeness (QED) is 0.724. The van der Waals surface area contributed by atoms with E-state index in [2.05, 4.69) is 60.7 Å². The Morgan fingerprint density at radius 3 is 1.31 bits per heavy atom. The molecule has 13 heavy (non-hydrogen) atoms. The van der Waals surface area contributed by atoms with E-state index >= 15 is 0 Å². The van der Waals surface area contributed by atoms with Gasteiger partial charge >= 0.3 is 89.0 Å². The summed E-state index contributed by atoms with van der Waals surface area (Å²) in [5.74, 6) is 0. The van der Waals surface area contributed by atoms with Crippen LogP contribution in [0.15, 0.2) is 60.7 Å². The molecule has 0 fully saturated rings. The minimum atomic E-state index is -0.517. The average Bonchev–Trinajstić information content (AvgIpc) is 2.21. The fraction of sp³-hybridized carbons (Fsp3) is 0. The number of rotatable bonds is 2. The second-order valence-electron chi connectivity index (χ2n) is 2.86. The summed E-state index contributed by atoms with van der Waals surface area (Å²) < 4.78 is 3.08. The zero-order valence-electron chi connectivity index (χ0n) is 7.27. The molecule has 0 aromatic heterocycles. The molecule has 2 aromatic rings. The Morgan fingerprint density at radius 1 is 0.538 bits per heavy atom. The first kappa shape index (κ1) is 8.82. The molecule has 1 heteroatoms. The summed E-state index contributed by atoms with van der Waals surface area (Å²) >= 11 is -0.517. The third-order valence-corrected chi connectivity index (χ3v) is 5.39. The van der Waals surface area contributed by atoms with Crippen LogP contribution in [0.25, 0.3) is 0 Å². The van der Waals surface area contributed by atoms with Gasteiger partial charge in [0, 0.05) is 0 Å². The van der Waals surface area contributed by atoms with E-state index < -0.39 is 21.1 Å². The summed E-state index contributed by atoms with van der Waals surface area (Å²) in [5, 5.41) is 0. The molecule has 0 amide bonds. The number of hydrogen-bond donors (Lipinski definition) is 0. The SMILES string of the molecule is c1cc[c]([Sn][c]2ccccc2)cc1. The van der Waals surface area contributed by atoms with Crippen LogP contribution in [0.3, 0.4) is 0 Å². The van der Waals surface area contributed by atoms with Crippen molar-refractivity contribution in [2.75, 3.05) is 0 Å². The van der Waals surface area contributed by atoms with Gasteiger partial charge in [-0.2, -0.15) is 0 Å². The predicted octanol–water partition coefficient (Wildman–Crippen LogP) is 1.34. The minimum absolute atomic E-state index is 0.517. The van der Waals surface area contributed by atoms with E-state index in [0.29, 0.717) is 0 Å². The third kappa shape index (κ3) is 2.59. The maximum absolute atomic E-state index is 2.24. The van der Waals surface area contributed by atoms with E-state index in [1.807, 2.05) is 0 Å². The van der Waals surface area contributed by atoms with E-state index in [0.717, 1.165) is 0 Å². The van der Waals surface area contributed by atoms with Crippen molar-refractivity contribution in [1.29, 1.82) is 0 Å². The summed E-state index contributed by atoms with van der Waals surface area (Å²) in [5.41, 5.74) is 0. The molecule has 0 spiro atoms. The van der Waals surface area contributed by atoms with Crippen molar-refractivity contribution in [2.45, 2.75) is 0 Å². The van der Waals surface area contributed by atoms with E-state index in [4.69, 9.17) is 0 Å². The molecule has 0 saturated carbocycles. The molecule has 2 radical (unpaired) electrons. The Kier molecular flexibility index (Phi) is 3.03. The first-order valence-corrected chi connectivity index (χ1v) is 7.18. The molecule has 0 bridgehead atoms. The molecule has 0 aliphatic heterocycles. The Labute approximate surface area is 88.8 Å². The van der Waals surface area contributed by atoms with Gasteiger partial charge in [0.25, 0.3) is 0 Å². The van der Waals surface area contributed by atoms with Gasteiger partial charge in [-0.15, -0.1) is 0 Å². The summed E-state index contributed by atoms with van der Waals surface area (Å²) in [6.07, 6.45) is 0. The van der Waals surface area contributed by atoms with Crippen LogP contribution < -0.4 is 7.16 Å². The molecule has 0 unspecified atom stereocenters. The van der Waals surface area contributed by atoms with Crippen LogP contribution >= 0.6 is 0 Å². The van der Waals surface area contributed by atoms with Crippen LogP contribution in [0, 0.1) is 0 Å². The molecule has 0 aliphatic rings. The molecule has 0 atom stereocenters. The maximum atomic E-state index is 2.24. The molecule has 2 aromatic carbocycles. The Balaban J connectivity index is 2.16. The van der Waals surface area contributed by atoms with Crippen LogP contribution in [0.1, 0.15) is 0 Å². The van der Waals surface area contributed by atoms with Gasteiger partial charge in [0.15, 0.2) is 0 Å². The second-order valence-corrected chi connectivity index (χ2v) is 6.87. The zero-order valence-corrected chi connectivity index (χ0v) is 10.1. The van der Waals surface area contributed by atoms with E-state index in [1.165, 1.54) is 7.16 Å². The molecule has 0 saturated heterocycles. The van der Waals surface area contributed by atoms with Crippen LogP contribution in [0.2, 0.25) is 0 Å². The van der Waals surface area contributed by atoms with E-state index in [9.17, 15) is 0 Å². The Hall–Kier alpha value is -0.761. The van der Waals surface area contributed by atoms with Gasteiger partial charge in [-0.1, -0.05) is 0 Å². The van der Waals surface area contributed by atoms with Gasteiger partial charge in [0.1, 0.15) is 0 Å². The summed E-state index contributed by atoms with van der Waals surface area (Å²) in [7, 11) is 0.